The summed E-state index contributed by atoms with van der Waals surface area (Å²) in [6, 6.07) is 4.01. The van der Waals surface area contributed by atoms with Crippen molar-refractivity contribution < 1.29 is 13.2 Å². The van der Waals surface area contributed by atoms with Gasteiger partial charge in [0, 0.05) is 37.9 Å². The summed E-state index contributed by atoms with van der Waals surface area (Å²) in [5.74, 6) is -0.0302. The van der Waals surface area contributed by atoms with Crippen LogP contribution in [0.2, 0.25) is 0 Å². The smallest absolute Gasteiger partial charge is 0.241 e. The van der Waals surface area contributed by atoms with E-state index in [1.165, 1.54) is 0 Å². The molecule has 7 heteroatoms. The first-order valence-electron chi connectivity index (χ1n) is 10.1. The monoisotopic (exact) mass is 417 g/mol. The fraction of sp³-hybridized carbons (Fsp3) is 0.500. The van der Waals surface area contributed by atoms with Gasteiger partial charge in [-0.15, -0.1) is 0 Å². The highest BCUT2D eigenvalue weighted by Gasteiger charge is 2.28. The Kier molecular flexibility index (Phi) is 5.92. The van der Waals surface area contributed by atoms with Crippen molar-refractivity contribution in [1.82, 2.24) is 14.2 Å². The molecule has 1 aliphatic heterocycles. The van der Waals surface area contributed by atoms with Crippen molar-refractivity contribution in [3.63, 3.8) is 0 Å². The Balaban J connectivity index is 1.70. The lowest BCUT2D eigenvalue weighted by Crippen LogP contribution is -2.42. The number of hydrogen-bond acceptors (Lipinski definition) is 3. The van der Waals surface area contributed by atoms with Crippen molar-refractivity contribution in [3.05, 3.63) is 51.8 Å². The maximum absolute atomic E-state index is 13.0. The van der Waals surface area contributed by atoms with Gasteiger partial charge in [-0.1, -0.05) is 0 Å². The van der Waals surface area contributed by atoms with Gasteiger partial charge in [-0.05, 0) is 81.5 Å². The molecule has 1 amide bonds. The van der Waals surface area contributed by atoms with E-state index in [-0.39, 0.29) is 24.9 Å². The van der Waals surface area contributed by atoms with E-state index in [4.69, 9.17) is 0 Å². The van der Waals surface area contributed by atoms with E-state index in [9.17, 15) is 13.2 Å². The SMILES string of the molecule is Cc1c(C)c(C)c(S(=O)(=O)NCCC(=O)N2CCn3cccc3C2C)c(C)c1C. The summed E-state index contributed by atoms with van der Waals surface area (Å²) in [6.45, 7) is 13.1. The molecule has 0 aliphatic carbocycles. The molecule has 158 valence electrons. The average molecular weight is 418 g/mol. The van der Waals surface area contributed by atoms with Gasteiger partial charge in [-0.25, -0.2) is 13.1 Å². The van der Waals surface area contributed by atoms with Crippen molar-refractivity contribution in [2.75, 3.05) is 13.1 Å². The molecule has 1 N–H and O–H groups in total. The van der Waals surface area contributed by atoms with Crippen LogP contribution in [0.3, 0.4) is 0 Å². The first-order chi connectivity index (χ1) is 13.6. The molecule has 0 saturated heterocycles. The first-order valence-corrected chi connectivity index (χ1v) is 11.6. The second-order valence-corrected chi connectivity index (χ2v) is 9.70. The van der Waals surface area contributed by atoms with E-state index in [0.29, 0.717) is 11.4 Å². The molecule has 6 nitrogen and oxygen atoms in total. The van der Waals surface area contributed by atoms with Gasteiger partial charge >= 0.3 is 0 Å². The van der Waals surface area contributed by atoms with E-state index in [1.807, 2.05) is 64.8 Å². The van der Waals surface area contributed by atoms with Crippen LogP contribution in [0.4, 0.5) is 0 Å². The summed E-state index contributed by atoms with van der Waals surface area (Å²) >= 11 is 0. The zero-order chi connectivity index (χ0) is 21.5. The van der Waals surface area contributed by atoms with Crippen LogP contribution in [0.15, 0.2) is 23.2 Å². The number of carbonyl (C=O) groups excluding carboxylic acids is 1. The third kappa shape index (κ3) is 3.85. The van der Waals surface area contributed by atoms with Crippen LogP contribution in [-0.2, 0) is 21.4 Å². The lowest BCUT2D eigenvalue weighted by atomic mass is 9.95. The highest BCUT2D eigenvalue weighted by molar-refractivity contribution is 7.89. The standard InChI is InChI=1S/C22H31N3O3S/c1-14-15(2)17(4)22(18(5)16(14)3)29(27,28)23-10-9-21(26)25-13-12-24-11-7-8-20(24)19(25)6/h7-8,11,19,23H,9-10,12-13H2,1-6H3. The molecule has 2 aromatic rings. The molecule has 0 spiro atoms. The maximum Gasteiger partial charge on any atom is 0.241 e. The number of sulfonamides is 1. The number of carbonyl (C=O) groups is 1. The summed E-state index contributed by atoms with van der Waals surface area (Å²) in [6.07, 6.45) is 2.17. The van der Waals surface area contributed by atoms with Crippen LogP contribution >= 0.6 is 0 Å². The van der Waals surface area contributed by atoms with Crippen molar-refractivity contribution in [1.29, 1.82) is 0 Å². The van der Waals surface area contributed by atoms with Crippen LogP contribution in [0.25, 0.3) is 0 Å². The summed E-state index contributed by atoms with van der Waals surface area (Å²) in [4.78, 5) is 14.9. The number of aromatic nitrogens is 1. The second-order valence-electron chi connectivity index (χ2n) is 7.99. The minimum Gasteiger partial charge on any atom is -0.348 e. The van der Waals surface area contributed by atoms with Crippen molar-refractivity contribution >= 4 is 15.9 Å². The van der Waals surface area contributed by atoms with Crippen LogP contribution in [-0.4, -0.2) is 36.9 Å². The third-order valence-electron chi connectivity index (χ3n) is 6.49. The largest absolute Gasteiger partial charge is 0.348 e. The number of fused-ring (bicyclic) bond motifs is 1. The van der Waals surface area contributed by atoms with Gasteiger partial charge in [0.1, 0.15) is 0 Å². The molecular formula is C22H31N3O3S. The summed E-state index contributed by atoms with van der Waals surface area (Å²) in [5, 5.41) is 0. The summed E-state index contributed by atoms with van der Waals surface area (Å²) in [5.41, 5.74) is 5.77. The minimum atomic E-state index is -3.69. The van der Waals surface area contributed by atoms with Gasteiger partial charge in [0.25, 0.3) is 0 Å². The van der Waals surface area contributed by atoms with E-state index in [0.717, 1.165) is 40.1 Å². The van der Waals surface area contributed by atoms with Crippen LogP contribution in [0.1, 0.15) is 52.9 Å². The zero-order valence-electron chi connectivity index (χ0n) is 18.2. The highest BCUT2D eigenvalue weighted by atomic mass is 32.2. The molecule has 1 atom stereocenters. The van der Waals surface area contributed by atoms with Crippen LogP contribution in [0, 0.1) is 34.6 Å². The van der Waals surface area contributed by atoms with Crippen molar-refractivity contribution in [2.45, 2.75) is 65.4 Å². The molecule has 1 unspecified atom stereocenters. The van der Waals surface area contributed by atoms with E-state index < -0.39 is 10.0 Å². The first kappa shape index (κ1) is 21.6. The van der Waals surface area contributed by atoms with Gasteiger partial charge < -0.3 is 9.47 Å². The molecule has 2 heterocycles. The number of benzene rings is 1. The Morgan fingerprint density at radius 2 is 1.62 bits per heavy atom. The average Bonchev–Trinajstić information content (AvgIpc) is 3.14. The van der Waals surface area contributed by atoms with E-state index in [2.05, 4.69) is 9.29 Å². The molecular weight excluding hydrogens is 386 g/mol. The Bertz CT molecular complexity index is 1020. The fourth-order valence-electron chi connectivity index (χ4n) is 4.30. The van der Waals surface area contributed by atoms with Gasteiger partial charge in [0.05, 0.1) is 10.9 Å². The zero-order valence-corrected chi connectivity index (χ0v) is 19.0. The summed E-state index contributed by atoms with van der Waals surface area (Å²) in [7, 11) is -3.69. The summed E-state index contributed by atoms with van der Waals surface area (Å²) < 4.78 is 30.8. The van der Waals surface area contributed by atoms with E-state index in [1.54, 1.807) is 0 Å². The van der Waals surface area contributed by atoms with Crippen LogP contribution in [0.5, 0.6) is 0 Å². The van der Waals surface area contributed by atoms with Crippen LogP contribution < -0.4 is 4.72 Å². The van der Waals surface area contributed by atoms with Crippen molar-refractivity contribution in [2.24, 2.45) is 0 Å². The van der Waals surface area contributed by atoms with Gasteiger partial charge in [-0.3, -0.25) is 4.79 Å². The topological polar surface area (TPSA) is 71.4 Å². The van der Waals surface area contributed by atoms with Gasteiger partial charge in [0.15, 0.2) is 0 Å². The normalized spacial score (nSPS) is 16.8. The molecule has 0 fully saturated rings. The fourth-order valence-corrected chi connectivity index (χ4v) is 5.92. The third-order valence-corrected chi connectivity index (χ3v) is 8.23. The number of nitrogens with zero attached hydrogens (tertiary/aromatic N) is 2. The lowest BCUT2D eigenvalue weighted by Gasteiger charge is -2.35. The molecule has 1 aromatic heterocycles. The van der Waals surface area contributed by atoms with Crippen molar-refractivity contribution in [3.8, 4) is 0 Å². The number of nitrogens with one attached hydrogen (secondary N) is 1. The molecule has 1 aromatic carbocycles. The number of amides is 1. The molecule has 0 radical (unpaired) electrons. The highest BCUT2D eigenvalue weighted by Crippen LogP contribution is 2.29. The Labute approximate surface area is 174 Å². The maximum atomic E-state index is 13.0. The Morgan fingerprint density at radius 3 is 2.24 bits per heavy atom. The second kappa shape index (κ2) is 7.95. The predicted octanol–water partition coefficient (Wildman–Crippen LogP) is 3.30. The minimum absolute atomic E-state index is 0.00487. The molecule has 3 rings (SSSR count). The predicted molar refractivity (Wildman–Crippen MR) is 114 cm³/mol. The number of rotatable bonds is 5. The lowest BCUT2D eigenvalue weighted by molar-refractivity contribution is -0.134. The molecule has 1 aliphatic rings. The Morgan fingerprint density at radius 1 is 1.03 bits per heavy atom. The molecule has 29 heavy (non-hydrogen) atoms. The van der Waals surface area contributed by atoms with Gasteiger partial charge in [0.2, 0.25) is 15.9 Å². The Hall–Kier alpha value is -2.12. The molecule has 0 saturated carbocycles. The van der Waals surface area contributed by atoms with Gasteiger partial charge in [-0.2, -0.15) is 0 Å². The quantitative estimate of drug-likeness (QED) is 0.811. The molecule has 0 bridgehead atoms. The number of hydrogen-bond donors (Lipinski definition) is 1. The van der Waals surface area contributed by atoms with E-state index >= 15 is 0 Å².